The maximum absolute atomic E-state index is 13.1. The number of anilines is 1. The Labute approximate surface area is 211 Å². The molecule has 0 aliphatic carbocycles. The number of nitriles is 1. The van der Waals surface area contributed by atoms with E-state index in [0.29, 0.717) is 17.0 Å². The lowest BCUT2D eigenvalue weighted by molar-refractivity contribution is -0.139. The molecule has 0 radical (unpaired) electrons. The molecule has 1 N–H and O–H groups in total. The maximum atomic E-state index is 13.1. The first-order valence-electron chi connectivity index (χ1n) is 11.3. The van der Waals surface area contributed by atoms with Gasteiger partial charge in [-0.2, -0.15) is 5.26 Å². The molecule has 0 aromatic heterocycles. The molecule has 0 saturated carbocycles. The standard InChI is InChI=1S/C25H28ClN3O5S/c1-2-33-25(30)18-35(31,32)29(14-4-7-19-5-3-6-20(15-19)17-27)21-8-9-24(23(26)16-21)34-22-10-12-28-13-11-22/h3-9,15-16,22,28H,2,10-14,18H2,1H3/b7-4+. The highest BCUT2D eigenvalue weighted by Crippen LogP contribution is 2.32. The lowest BCUT2D eigenvalue weighted by Gasteiger charge is -2.26. The van der Waals surface area contributed by atoms with E-state index >= 15 is 0 Å². The molecule has 0 amide bonds. The van der Waals surface area contributed by atoms with Crippen LogP contribution in [0.25, 0.3) is 6.08 Å². The van der Waals surface area contributed by atoms with Gasteiger partial charge in [0, 0.05) is 0 Å². The van der Waals surface area contributed by atoms with Crippen molar-refractivity contribution in [3.8, 4) is 11.8 Å². The summed E-state index contributed by atoms with van der Waals surface area (Å²) in [5, 5.41) is 12.6. The van der Waals surface area contributed by atoms with E-state index < -0.39 is 21.7 Å². The molecule has 1 aliphatic heterocycles. The predicted octanol–water partition coefficient (Wildman–Crippen LogP) is 3.76. The number of esters is 1. The van der Waals surface area contributed by atoms with E-state index in [9.17, 15) is 13.2 Å². The number of rotatable bonds is 10. The Bertz CT molecular complexity index is 1200. The third kappa shape index (κ3) is 7.72. The molecule has 8 nitrogen and oxygen atoms in total. The number of ether oxygens (including phenoxy) is 2. The molecule has 3 rings (SSSR count). The zero-order chi connectivity index (χ0) is 25.3. The first-order valence-corrected chi connectivity index (χ1v) is 13.3. The van der Waals surface area contributed by atoms with Crippen LogP contribution < -0.4 is 14.4 Å². The van der Waals surface area contributed by atoms with E-state index in [1.54, 1.807) is 55.5 Å². The van der Waals surface area contributed by atoms with Crippen LogP contribution in [0.4, 0.5) is 5.69 Å². The molecule has 0 spiro atoms. The predicted molar refractivity (Wildman–Crippen MR) is 136 cm³/mol. The second-order valence-corrected chi connectivity index (χ2v) is 10.2. The highest BCUT2D eigenvalue weighted by Gasteiger charge is 2.27. The fourth-order valence-electron chi connectivity index (χ4n) is 3.64. The molecule has 2 aromatic rings. The van der Waals surface area contributed by atoms with Crippen molar-refractivity contribution in [1.29, 1.82) is 5.26 Å². The first kappa shape index (κ1) is 26.5. The number of nitrogens with one attached hydrogen (secondary N) is 1. The third-order valence-electron chi connectivity index (χ3n) is 5.32. The normalized spacial score (nSPS) is 14.4. The van der Waals surface area contributed by atoms with E-state index in [0.717, 1.165) is 35.8 Å². The third-order valence-corrected chi connectivity index (χ3v) is 7.25. The Balaban J connectivity index is 1.85. The Hall–Kier alpha value is -3.06. The van der Waals surface area contributed by atoms with Crippen molar-refractivity contribution in [1.82, 2.24) is 5.32 Å². The van der Waals surface area contributed by atoms with Crippen molar-refractivity contribution in [3.63, 3.8) is 0 Å². The van der Waals surface area contributed by atoms with Gasteiger partial charge in [0.05, 0.1) is 35.5 Å². The van der Waals surface area contributed by atoms with E-state index in [2.05, 4.69) is 11.4 Å². The minimum atomic E-state index is -4.07. The summed E-state index contributed by atoms with van der Waals surface area (Å²) in [6.07, 6.45) is 5.11. The van der Waals surface area contributed by atoms with Crippen molar-refractivity contribution in [2.24, 2.45) is 0 Å². The number of sulfonamides is 1. The van der Waals surface area contributed by atoms with Crippen LogP contribution in [0.15, 0.2) is 48.5 Å². The summed E-state index contributed by atoms with van der Waals surface area (Å²) in [7, 11) is -4.07. The molecular formula is C25H28ClN3O5S. The Kier molecular flexibility index (Phi) is 9.55. The van der Waals surface area contributed by atoms with Gasteiger partial charge in [-0.3, -0.25) is 9.10 Å². The summed E-state index contributed by atoms with van der Waals surface area (Å²) in [5.41, 5.74) is 1.54. The number of carbonyl (C=O) groups excluding carboxylic acids is 1. The molecular weight excluding hydrogens is 490 g/mol. The Morgan fingerprint density at radius 2 is 2.03 bits per heavy atom. The largest absolute Gasteiger partial charge is 0.489 e. The van der Waals surface area contributed by atoms with Crippen LogP contribution in [0.3, 0.4) is 0 Å². The second kappa shape index (κ2) is 12.6. The van der Waals surface area contributed by atoms with Gasteiger partial charge in [-0.05, 0) is 68.8 Å². The van der Waals surface area contributed by atoms with Crippen LogP contribution in [0, 0.1) is 11.3 Å². The molecule has 1 aliphatic rings. The zero-order valence-corrected chi connectivity index (χ0v) is 21.0. The maximum Gasteiger partial charge on any atom is 0.323 e. The Morgan fingerprint density at radius 1 is 1.26 bits per heavy atom. The van der Waals surface area contributed by atoms with Crippen LogP contribution in [0.5, 0.6) is 5.75 Å². The highest BCUT2D eigenvalue weighted by molar-refractivity contribution is 7.93. The average Bonchev–Trinajstić information content (AvgIpc) is 2.83. The van der Waals surface area contributed by atoms with E-state index in [4.69, 9.17) is 26.3 Å². The fourth-order valence-corrected chi connectivity index (χ4v) is 5.14. The molecule has 1 heterocycles. The summed E-state index contributed by atoms with van der Waals surface area (Å²) in [4.78, 5) is 12.0. The van der Waals surface area contributed by atoms with Gasteiger partial charge in [0.2, 0.25) is 10.0 Å². The van der Waals surface area contributed by atoms with E-state index in [-0.39, 0.29) is 24.3 Å². The summed E-state index contributed by atoms with van der Waals surface area (Å²) >= 11 is 6.46. The quantitative estimate of drug-likeness (QED) is 0.478. The Morgan fingerprint density at radius 3 is 2.71 bits per heavy atom. The molecule has 35 heavy (non-hydrogen) atoms. The van der Waals surface area contributed by atoms with Crippen LogP contribution in [0.1, 0.15) is 30.9 Å². The fraction of sp³-hybridized carbons (Fsp3) is 0.360. The zero-order valence-electron chi connectivity index (χ0n) is 19.4. The number of piperidine rings is 1. The van der Waals surface area contributed by atoms with Crippen molar-refractivity contribution in [2.45, 2.75) is 25.9 Å². The van der Waals surface area contributed by atoms with Crippen LogP contribution in [-0.4, -0.2) is 52.5 Å². The molecule has 2 aromatic carbocycles. The monoisotopic (exact) mass is 517 g/mol. The number of benzene rings is 2. The first-order chi connectivity index (χ1) is 16.8. The number of carbonyl (C=O) groups is 1. The van der Waals surface area contributed by atoms with Gasteiger partial charge in [-0.1, -0.05) is 35.9 Å². The molecule has 0 bridgehead atoms. The van der Waals surface area contributed by atoms with Gasteiger partial charge < -0.3 is 14.8 Å². The lowest BCUT2D eigenvalue weighted by Crippen LogP contribution is -2.36. The molecule has 0 unspecified atom stereocenters. The van der Waals surface area contributed by atoms with Crippen molar-refractivity contribution < 1.29 is 22.7 Å². The molecule has 10 heteroatoms. The van der Waals surface area contributed by atoms with Gasteiger partial charge in [-0.25, -0.2) is 8.42 Å². The van der Waals surface area contributed by atoms with Crippen molar-refractivity contribution >= 4 is 39.4 Å². The summed E-state index contributed by atoms with van der Waals surface area (Å²) < 4.78 is 38.2. The average molecular weight is 518 g/mol. The smallest absolute Gasteiger partial charge is 0.323 e. The van der Waals surface area contributed by atoms with Gasteiger partial charge in [0.15, 0.2) is 5.75 Å². The van der Waals surface area contributed by atoms with Crippen LogP contribution >= 0.6 is 11.6 Å². The van der Waals surface area contributed by atoms with E-state index in [1.165, 1.54) is 6.07 Å². The van der Waals surface area contributed by atoms with E-state index in [1.807, 2.05) is 0 Å². The van der Waals surface area contributed by atoms with Gasteiger partial charge >= 0.3 is 5.97 Å². The molecule has 0 atom stereocenters. The highest BCUT2D eigenvalue weighted by atomic mass is 35.5. The SMILES string of the molecule is CCOC(=O)CS(=O)(=O)N(C/C=C/c1cccc(C#N)c1)c1ccc(OC2CCNCC2)c(Cl)c1. The lowest BCUT2D eigenvalue weighted by atomic mass is 10.1. The van der Waals surface area contributed by atoms with Gasteiger partial charge in [-0.15, -0.1) is 0 Å². The number of hydrogen-bond acceptors (Lipinski definition) is 7. The molecule has 186 valence electrons. The van der Waals surface area contributed by atoms with Gasteiger partial charge in [0.25, 0.3) is 0 Å². The van der Waals surface area contributed by atoms with Crippen molar-refractivity contribution in [2.75, 3.05) is 36.3 Å². The summed E-state index contributed by atoms with van der Waals surface area (Å²) in [6, 6.07) is 13.8. The van der Waals surface area contributed by atoms with Crippen LogP contribution in [-0.2, 0) is 19.6 Å². The molecule has 1 saturated heterocycles. The molecule has 1 fully saturated rings. The number of halogens is 1. The minimum absolute atomic E-state index is 0.0374. The topological polar surface area (TPSA) is 109 Å². The summed E-state index contributed by atoms with van der Waals surface area (Å²) in [6.45, 7) is 3.37. The second-order valence-electron chi connectivity index (χ2n) is 7.91. The minimum Gasteiger partial charge on any atom is -0.489 e. The number of hydrogen-bond donors (Lipinski definition) is 1. The number of nitrogens with zero attached hydrogens (tertiary/aromatic N) is 2. The van der Waals surface area contributed by atoms with Crippen LogP contribution in [0.2, 0.25) is 5.02 Å². The van der Waals surface area contributed by atoms with Gasteiger partial charge in [0.1, 0.15) is 11.9 Å². The summed E-state index contributed by atoms with van der Waals surface area (Å²) in [5.74, 6) is -1.15. The van der Waals surface area contributed by atoms with Crippen molar-refractivity contribution in [3.05, 3.63) is 64.7 Å².